The molecule has 0 bridgehead atoms. The van der Waals surface area contributed by atoms with E-state index < -0.39 is 5.97 Å². The molecule has 3 aromatic rings. The van der Waals surface area contributed by atoms with Crippen molar-refractivity contribution in [3.63, 3.8) is 0 Å². The average molecular weight is 388 g/mol. The van der Waals surface area contributed by atoms with Crippen molar-refractivity contribution in [2.24, 2.45) is 0 Å². The zero-order valence-electron chi connectivity index (χ0n) is 16.4. The average Bonchev–Trinajstić information content (AvgIpc) is 2.77. The Morgan fingerprint density at radius 3 is 2.17 bits per heavy atom. The van der Waals surface area contributed by atoms with Gasteiger partial charge < -0.3 is 15.0 Å². The molecular weight excluding hydrogens is 364 g/mol. The maximum atomic E-state index is 13.1. The van der Waals surface area contributed by atoms with Crippen LogP contribution in [0.1, 0.15) is 22.8 Å². The highest BCUT2D eigenvalue weighted by Gasteiger charge is 2.18. The molecule has 5 nitrogen and oxygen atoms in total. The van der Waals surface area contributed by atoms with E-state index in [1.165, 1.54) is 0 Å². The molecule has 0 aliphatic heterocycles. The Kier molecular flexibility index (Phi) is 7.00. The molecule has 0 aromatic heterocycles. The van der Waals surface area contributed by atoms with E-state index in [-0.39, 0.29) is 12.5 Å². The van der Waals surface area contributed by atoms with Crippen LogP contribution in [0, 0.1) is 0 Å². The van der Waals surface area contributed by atoms with Gasteiger partial charge in [-0.15, -0.1) is 0 Å². The zero-order valence-corrected chi connectivity index (χ0v) is 16.4. The van der Waals surface area contributed by atoms with Crippen LogP contribution < -0.4 is 10.2 Å². The van der Waals surface area contributed by atoms with Gasteiger partial charge in [-0.3, -0.25) is 4.79 Å². The fourth-order valence-corrected chi connectivity index (χ4v) is 2.99. The summed E-state index contributed by atoms with van der Waals surface area (Å²) in [5.74, 6) is -0.508. The molecule has 148 valence electrons. The quantitative estimate of drug-likeness (QED) is 0.577. The lowest BCUT2D eigenvalue weighted by Crippen LogP contribution is -2.35. The molecule has 5 heteroatoms. The SMILES string of the molecule is CCOC(=O)c1ccccc1NCC(=O)N(Cc1ccccc1)c1ccccc1. The van der Waals surface area contributed by atoms with E-state index in [0.717, 1.165) is 11.3 Å². The number of amides is 1. The van der Waals surface area contributed by atoms with Crippen LogP contribution in [0.5, 0.6) is 0 Å². The first-order valence-corrected chi connectivity index (χ1v) is 9.58. The van der Waals surface area contributed by atoms with Crippen LogP contribution in [0.4, 0.5) is 11.4 Å². The van der Waals surface area contributed by atoms with Gasteiger partial charge in [-0.25, -0.2) is 4.79 Å². The lowest BCUT2D eigenvalue weighted by molar-refractivity contribution is -0.117. The fraction of sp³-hybridized carbons (Fsp3) is 0.167. The fourth-order valence-electron chi connectivity index (χ4n) is 2.99. The predicted octanol–water partition coefficient (Wildman–Crippen LogP) is 4.51. The highest BCUT2D eigenvalue weighted by molar-refractivity contribution is 5.99. The molecule has 0 aliphatic carbocycles. The Morgan fingerprint density at radius 2 is 1.48 bits per heavy atom. The monoisotopic (exact) mass is 388 g/mol. The van der Waals surface area contributed by atoms with Gasteiger partial charge in [-0.1, -0.05) is 60.7 Å². The minimum Gasteiger partial charge on any atom is -0.462 e. The van der Waals surface area contributed by atoms with E-state index in [2.05, 4.69) is 5.32 Å². The lowest BCUT2D eigenvalue weighted by Gasteiger charge is -2.24. The highest BCUT2D eigenvalue weighted by Crippen LogP contribution is 2.19. The summed E-state index contributed by atoms with van der Waals surface area (Å²) in [6.07, 6.45) is 0. The number of nitrogens with zero attached hydrogens (tertiary/aromatic N) is 1. The second-order valence-electron chi connectivity index (χ2n) is 6.42. The predicted molar refractivity (Wildman–Crippen MR) is 115 cm³/mol. The number of carbonyl (C=O) groups excluding carboxylic acids is 2. The largest absolute Gasteiger partial charge is 0.462 e. The second kappa shape index (κ2) is 10.1. The van der Waals surface area contributed by atoms with E-state index in [1.807, 2.05) is 66.7 Å². The number of esters is 1. The maximum Gasteiger partial charge on any atom is 0.340 e. The lowest BCUT2D eigenvalue weighted by atomic mass is 10.1. The first kappa shape index (κ1) is 20.1. The summed E-state index contributed by atoms with van der Waals surface area (Å²) in [4.78, 5) is 27.0. The van der Waals surface area contributed by atoms with Crippen molar-refractivity contribution in [1.29, 1.82) is 0 Å². The molecule has 0 spiro atoms. The van der Waals surface area contributed by atoms with Crippen molar-refractivity contribution in [2.45, 2.75) is 13.5 Å². The summed E-state index contributed by atoms with van der Waals surface area (Å²) >= 11 is 0. The number of benzene rings is 3. The number of anilines is 2. The van der Waals surface area contributed by atoms with Crippen LogP contribution in [-0.4, -0.2) is 25.0 Å². The summed E-state index contributed by atoms with van der Waals surface area (Å²) in [6, 6.07) is 26.4. The van der Waals surface area contributed by atoms with Crippen LogP contribution in [-0.2, 0) is 16.1 Å². The van der Waals surface area contributed by atoms with Gasteiger partial charge in [-0.05, 0) is 36.8 Å². The topological polar surface area (TPSA) is 58.6 Å². The van der Waals surface area contributed by atoms with Crippen LogP contribution in [0.3, 0.4) is 0 Å². The van der Waals surface area contributed by atoms with Gasteiger partial charge in [-0.2, -0.15) is 0 Å². The standard InChI is InChI=1S/C24H24N2O3/c1-2-29-24(28)21-15-9-10-16-22(21)25-17-23(27)26(20-13-7-4-8-14-20)18-19-11-5-3-6-12-19/h3-16,25H,2,17-18H2,1H3. The van der Waals surface area contributed by atoms with Crippen molar-refractivity contribution in [1.82, 2.24) is 0 Å². The number of hydrogen-bond acceptors (Lipinski definition) is 4. The molecule has 1 N–H and O–H groups in total. The van der Waals surface area contributed by atoms with Gasteiger partial charge >= 0.3 is 5.97 Å². The third-order valence-corrected chi connectivity index (χ3v) is 4.40. The van der Waals surface area contributed by atoms with Crippen molar-refractivity contribution < 1.29 is 14.3 Å². The minimum absolute atomic E-state index is 0.0537. The summed E-state index contributed by atoms with van der Waals surface area (Å²) in [7, 11) is 0. The summed E-state index contributed by atoms with van der Waals surface area (Å²) in [5.41, 5.74) is 2.85. The molecule has 0 heterocycles. The molecule has 0 saturated carbocycles. The third kappa shape index (κ3) is 5.45. The molecule has 0 radical (unpaired) electrons. The van der Waals surface area contributed by atoms with Gasteiger partial charge in [0.1, 0.15) is 0 Å². The van der Waals surface area contributed by atoms with Gasteiger partial charge in [0.2, 0.25) is 5.91 Å². The molecule has 0 saturated heterocycles. The smallest absolute Gasteiger partial charge is 0.340 e. The molecule has 3 rings (SSSR count). The van der Waals surface area contributed by atoms with Crippen molar-refractivity contribution in [3.8, 4) is 0 Å². The van der Waals surface area contributed by atoms with E-state index >= 15 is 0 Å². The number of ether oxygens (including phenoxy) is 1. The molecule has 3 aromatic carbocycles. The zero-order chi connectivity index (χ0) is 20.5. The van der Waals surface area contributed by atoms with E-state index in [4.69, 9.17) is 4.74 Å². The Labute approximate surface area is 170 Å². The molecular formula is C24H24N2O3. The van der Waals surface area contributed by atoms with Gasteiger partial charge in [0.15, 0.2) is 0 Å². The van der Waals surface area contributed by atoms with E-state index in [9.17, 15) is 9.59 Å². The van der Waals surface area contributed by atoms with Crippen LogP contribution in [0.2, 0.25) is 0 Å². The summed E-state index contributed by atoms with van der Waals surface area (Å²) in [5, 5.41) is 3.10. The van der Waals surface area contributed by atoms with Crippen molar-refractivity contribution in [2.75, 3.05) is 23.4 Å². The second-order valence-corrected chi connectivity index (χ2v) is 6.42. The number of nitrogens with one attached hydrogen (secondary N) is 1. The van der Waals surface area contributed by atoms with E-state index in [1.54, 1.807) is 30.0 Å². The third-order valence-electron chi connectivity index (χ3n) is 4.40. The molecule has 0 atom stereocenters. The van der Waals surface area contributed by atoms with Crippen molar-refractivity contribution >= 4 is 23.3 Å². The normalized spacial score (nSPS) is 10.2. The summed E-state index contributed by atoms with van der Waals surface area (Å²) < 4.78 is 5.10. The highest BCUT2D eigenvalue weighted by atomic mass is 16.5. The van der Waals surface area contributed by atoms with Gasteiger partial charge in [0.05, 0.1) is 25.3 Å². The van der Waals surface area contributed by atoms with Crippen molar-refractivity contribution in [3.05, 3.63) is 96.1 Å². The number of para-hydroxylation sites is 2. The molecule has 29 heavy (non-hydrogen) atoms. The van der Waals surface area contributed by atoms with Gasteiger partial charge in [0.25, 0.3) is 0 Å². The Balaban J connectivity index is 1.77. The maximum absolute atomic E-state index is 13.1. The summed E-state index contributed by atoms with van der Waals surface area (Å²) in [6.45, 7) is 2.58. The van der Waals surface area contributed by atoms with E-state index in [0.29, 0.717) is 24.4 Å². The molecule has 0 fully saturated rings. The number of hydrogen-bond donors (Lipinski definition) is 1. The van der Waals surface area contributed by atoms with Crippen LogP contribution >= 0.6 is 0 Å². The molecule has 0 aliphatic rings. The number of carbonyl (C=O) groups is 2. The first-order valence-electron chi connectivity index (χ1n) is 9.58. The number of rotatable bonds is 8. The first-order chi connectivity index (χ1) is 14.2. The molecule has 1 amide bonds. The van der Waals surface area contributed by atoms with Crippen LogP contribution in [0.15, 0.2) is 84.9 Å². The van der Waals surface area contributed by atoms with Gasteiger partial charge in [0, 0.05) is 11.4 Å². The Bertz CT molecular complexity index is 943. The van der Waals surface area contributed by atoms with Crippen LogP contribution in [0.25, 0.3) is 0 Å². The Morgan fingerprint density at radius 1 is 0.862 bits per heavy atom. The molecule has 0 unspecified atom stereocenters. The minimum atomic E-state index is -0.410. The Hall–Kier alpha value is -3.60.